The number of hydrogen-bond acceptors (Lipinski definition) is 5. The molecule has 0 radical (unpaired) electrons. The van der Waals surface area contributed by atoms with Gasteiger partial charge in [-0.3, -0.25) is 14.2 Å². The van der Waals surface area contributed by atoms with Crippen molar-refractivity contribution in [2.24, 2.45) is 5.14 Å². The second-order valence-electron chi connectivity index (χ2n) is 6.02. The minimum absolute atomic E-state index is 0.0766. The van der Waals surface area contributed by atoms with Gasteiger partial charge in [0.05, 0.1) is 11.4 Å². The molecule has 3 aromatic rings. The Kier molecular flexibility index (Phi) is 5.43. The van der Waals surface area contributed by atoms with Crippen LogP contribution in [0, 0.1) is 5.82 Å². The average Bonchev–Trinajstić information content (AvgIpc) is 2.66. The van der Waals surface area contributed by atoms with Gasteiger partial charge in [-0.05, 0) is 24.3 Å². The number of anilines is 1. The van der Waals surface area contributed by atoms with Crippen LogP contribution >= 0.6 is 0 Å². The number of hydrogen-bond donors (Lipinski definition) is 3. The Balaban J connectivity index is 1.94. The Morgan fingerprint density at radius 3 is 2.55 bits per heavy atom. The maximum absolute atomic E-state index is 13.9. The normalized spacial score (nSPS) is 11.2. The summed E-state index contributed by atoms with van der Waals surface area (Å²) in [5.41, 5.74) is -1.99. The van der Waals surface area contributed by atoms with Gasteiger partial charge in [-0.15, -0.1) is 0 Å². The molecule has 1 aromatic heterocycles. The molecule has 2 aromatic carbocycles. The van der Waals surface area contributed by atoms with Crippen LogP contribution in [0.4, 0.5) is 10.1 Å². The number of nitrogens with two attached hydrogens (primary N) is 1. The molecule has 0 unspecified atom stereocenters. The Hall–Kier alpha value is -3.57. The van der Waals surface area contributed by atoms with E-state index in [-0.39, 0.29) is 22.7 Å². The number of rotatable bonds is 5. The van der Waals surface area contributed by atoms with E-state index in [2.05, 4.69) is 10.3 Å². The maximum atomic E-state index is 13.9. The lowest BCUT2D eigenvalue weighted by Crippen LogP contribution is -2.39. The fraction of sp³-hybridized carbons (Fsp3) is 0.0556. The highest BCUT2D eigenvalue weighted by atomic mass is 32.2. The van der Waals surface area contributed by atoms with E-state index in [0.717, 1.165) is 12.3 Å². The van der Waals surface area contributed by atoms with Gasteiger partial charge in [0.2, 0.25) is 10.0 Å². The number of primary sulfonamides is 1. The number of H-pyrrole nitrogens is 1. The molecule has 11 heteroatoms. The first-order valence-corrected chi connectivity index (χ1v) is 9.71. The van der Waals surface area contributed by atoms with Crippen molar-refractivity contribution < 1.29 is 17.6 Å². The molecular formula is C18H15FN4O5S. The van der Waals surface area contributed by atoms with E-state index >= 15 is 0 Å². The van der Waals surface area contributed by atoms with Crippen molar-refractivity contribution >= 4 is 21.6 Å². The van der Waals surface area contributed by atoms with Gasteiger partial charge >= 0.3 is 5.69 Å². The molecule has 0 aliphatic heterocycles. The van der Waals surface area contributed by atoms with Crippen LogP contribution in [0.25, 0.3) is 0 Å². The van der Waals surface area contributed by atoms with Crippen molar-refractivity contribution in [2.45, 2.75) is 11.4 Å². The van der Waals surface area contributed by atoms with E-state index < -0.39 is 38.6 Å². The SMILES string of the molecule is NS(=O)(=O)c1cccc(NC(=O)c2c[nH]c(=O)n(Cc3ccccc3F)c2=O)c1. The number of nitrogens with one attached hydrogen (secondary N) is 2. The largest absolute Gasteiger partial charge is 0.328 e. The smallest absolute Gasteiger partial charge is 0.322 e. The van der Waals surface area contributed by atoms with Gasteiger partial charge in [0.25, 0.3) is 11.5 Å². The number of aromatic amines is 1. The molecule has 150 valence electrons. The van der Waals surface area contributed by atoms with E-state index in [1.807, 2.05) is 0 Å². The fourth-order valence-electron chi connectivity index (χ4n) is 2.56. The molecule has 3 rings (SSSR count). The first kappa shape index (κ1) is 20.2. The molecule has 0 aliphatic rings. The van der Waals surface area contributed by atoms with Crippen LogP contribution in [-0.4, -0.2) is 23.9 Å². The zero-order chi connectivity index (χ0) is 21.2. The third-order valence-electron chi connectivity index (χ3n) is 4.01. The molecule has 0 fully saturated rings. The van der Waals surface area contributed by atoms with Gasteiger partial charge in [0.1, 0.15) is 11.4 Å². The minimum Gasteiger partial charge on any atom is -0.322 e. The van der Waals surface area contributed by atoms with E-state index in [1.165, 1.54) is 36.4 Å². The number of amides is 1. The number of sulfonamides is 1. The molecule has 1 heterocycles. The van der Waals surface area contributed by atoms with E-state index in [9.17, 15) is 27.2 Å². The topological polar surface area (TPSA) is 144 Å². The fourth-order valence-corrected chi connectivity index (χ4v) is 3.12. The predicted octanol–water partition coefficient (Wildman–Crippen LogP) is 0.624. The van der Waals surface area contributed by atoms with Gasteiger partial charge in [-0.25, -0.2) is 22.7 Å². The van der Waals surface area contributed by atoms with Crippen LogP contribution in [-0.2, 0) is 16.6 Å². The zero-order valence-corrected chi connectivity index (χ0v) is 15.6. The standard InChI is InChI=1S/C18H15FN4O5S/c19-15-7-2-1-4-11(15)10-23-17(25)14(9-21-18(23)26)16(24)22-12-5-3-6-13(8-12)29(20,27)28/h1-9H,10H2,(H,21,26)(H,22,24)(H2,20,27,28). The van der Waals surface area contributed by atoms with Crippen molar-refractivity contribution in [1.82, 2.24) is 9.55 Å². The Bertz CT molecular complexity index is 1310. The minimum atomic E-state index is -3.99. The predicted molar refractivity (Wildman–Crippen MR) is 103 cm³/mol. The van der Waals surface area contributed by atoms with E-state index in [1.54, 1.807) is 6.07 Å². The van der Waals surface area contributed by atoms with Crippen molar-refractivity contribution in [3.8, 4) is 0 Å². The van der Waals surface area contributed by atoms with Gasteiger partial charge in [0.15, 0.2) is 0 Å². The number of aromatic nitrogens is 2. The lowest BCUT2D eigenvalue weighted by molar-refractivity contribution is 0.102. The third-order valence-corrected chi connectivity index (χ3v) is 4.92. The molecule has 29 heavy (non-hydrogen) atoms. The van der Waals surface area contributed by atoms with Crippen LogP contribution in [0.2, 0.25) is 0 Å². The van der Waals surface area contributed by atoms with Crippen molar-refractivity contribution in [3.05, 3.63) is 92.5 Å². The van der Waals surface area contributed by atoms with Crippen LogP contribution < -0.4 is 21.7 Å². The van der Waals surface area contributed by atoms with Crippen molar-refractivity contribution in [3.63, 3.8) is 0 Å². The van der Waals surface area contributed by atoms with Gasteiger partial charge in [0, 0.05) is 17.4 Å². The molecule has 1 amide bonds. The summed E-state index contributed by atoms with van der Waals surface area (Å²) in [6.45, 7) is -0.372. The monoisotopic (exact) mass is 418 g/mol. The molecule has 0 spiro atoms. The van der Waals surface area contributed by atoms with Crippen molar-refractivity contribution in [2.75, 3.05) is 5.32 Å². The molecule has 4 N–H and O–H groups in total. The number of benzene rings is 2. The molecule has 0 aliphatic carbocycles. The second-order valence-corrected chi connectivity index (χ2v) is 7.58. The first-order valence-electron chi connectivity index (χ1n) is 8.17. The van der Waals surface area contributed by atoms with Crippen LogP contribution in [0.3, 0.4) is 0 Å². The van der Waals surface area contributed by atoms with Gasteiger partial charge in [-0.1, -0.05) is 24.3 Å². The number of halogens is 1. The Labute approximate surface area is 163 Å². The highest BCUT2D eigenvalue weighted by Crippen LogP contribution is 2.14. The molecule has 9 nitrogen and oxygen atoms in total. The third kappa shape index (κ3) is 4.47. The number of nitrogens with zero attached hydrogens (tertiary/aromatic N) is 1. The Morgan fingerprint density at radius 1 is 1.14 bits per heavy atom. The summed E-state index contributed by atoms with van der Waals surface area (Å²) in [5, 5.41) is 7.41. The second kappa shape index (κ2) is 7.81. The summed E-state index contributed by atoms with van der Waals surface area (Å²) in [5.74, 6) is -1.49. The van der Waals surface area contributed by atoms with Crippen molar-refractivity contribution in [1.29, 1.82) is 0 Å². The molecule has 0 atom stereocenters. The average molecular weight is 418 g/mol. The lowest BCUT2D eigenvalue weighted by atomic mass is 10.2. The summed E-state index contributed by atoms with van der Waals surface area (Å²) < 4.78 is 37.4. The van der Waals surface area contributed by atoms with Gasteiger partial charge in [-0.2, -0.15) is 0 Å². The highest BCUT2D eigenvalue weighted by molar-refractivity contribution is 7.89. The summed E-state index contributed by atoms with van der Waals surface area (Å²) in [7, 11) is -3.99. The number of carbonyl (C=O) groups excluding carboxylic acids is 1. The van der Waals surface area contributed by atoms with Crippen LogP contribution in [0.5, 0.6) is 0 Å². The summed E-state index contributed by atoms with van der Waals surface area (Å²) in [6, 6.07) is 10.7. The maximum Gasteiger partial charge on any atom is 0.328 e. The number of carbonyl (C=O) groups is 1. The first-order chi connectivity index (χ1) is 13.7. The Morgan fingerprint density at radius 2 is 1.86 bits per heavy atom. The summed E-state index contributed by atoms with van der Waals surface area (Å²) >= 11 is 0. The summed E-state index contributed by atoms with van der Waals surface area (Å²) in [4.78, 5) is 39.1. The highest BCUT2D eigenvalue weighted by Gasteiger charge is 2.17. The van der Waals surface area contributed by atoms with Crippen LogP contribution in [0.1, 0.15) is 15.9 Å². The van der Waals surface area contributed by atoms with E-state index in [0.29, 0.717) is 4.57 Å². The van der Waals surface area contributed by atoms with Crippen LogP contribution in [0.15, 0.2) is 69.2 Å². The van der Waals surface area contributed by atoms with E-state index in [4.69, 9.17) is 5.14 Å². The summed E-state index contributed by atoms with van der Waals surface area (Å²) in [6.07, 6.45) is 0.932. The molecule has 0 bridgehead atoms. The van der Waals surface area contributed by atoms with Gasteiger partial charge < -0.3 is 10.3 Å². The molecular weight excluding hydrogens is 403 g/mol. The quantitative estimate of drug-likeness (QED) is 0.556. The zero-order valence-electron chi connectivity index (χ0n) is 14.8. The molecule has 0 saturated carbocycles. The molecule has 0 saturated heterocycles. The lowest BCUT2D eigenvalue weighted by Gasteiger charge is -2.09.